The number of rotatable bonds is 6. The topological polar surface area (TPSA) is 32.5 Å². The molecule has 0 N–H and O–H groups in total. The highest BCUT2D eigenvalue weighted by Crippen LogP contribution is 2.26. The van der Waals surface area contributed by atoms with Crippen LogP contribution in [0.1, 0.15) is 51.9 Å². The summed E-state index contributed by atoms with van der Waals surface area (Å²) in [4.78, 5) is 5.18. The van der Waals surface area contributed by atoms with Crippen LogP contribution in [0.2, 0.25) is 0 Å². The fourth-order valence-electron chi connectivity index (χ4n) is 3.72. The third-order valence-corrected chi connectivity index (χ3v) is 5.28. The number of aromatic nitrogens is 1. The molecule has 2 heterocycles. The number of nitrogens with zero attached hydrogens (tertiary/aromatic N) is 3. The van der Waals surface area contributed by atoms with Crippen molar-refractivity contribution >= 4 is 0 Å². The molecule has 0 aliphatic carbocycles. The zero-order valence-corrected chi connectivity index (χ0v) is 17.2. The Bertz CT molecular complexity index is 626. The summed E-state index contributed by atoms with van der Waals surface area (Å²) >= 11 is 0. The molecule has 1 aromatic heterocycles. The summed E-state index contributed by atoms with van der Waals surface area (Å²) in [5.41, 5.74) is 3.37. The number of piperazine rings is 1. The molecule has 0 bridgehead atoms. The molecule has 0 atom stereocenters. The Labute approximate surface area is 159 Å². The minimum atomic E-state index is 0.740. The van der Waals surface area contributed by atoms with Crippen molar-refractivity contribution in [2.45, 2.75) is 60.0 Å². The maximum atomic E-state index is 5.50. The maximum absolute atomic E-state index is 5.50. The van der Waals surface area contributed by atoms with E-state index in [9.17, 15) is 0 Å². The predicted octanol–water partition coefficient (Wildman–Crippen LogP) is 4.98. The molecule has 1 aliphatic rings. The Hall–Kier alpha value is -1.65. The van der Waals surface area contributed by atoms with Crippen LogP contribution in [0.5, 0.6) is 0 Å². The van der Waals surface area contributed by atoms with Gasteiger partial charge in [0, 0.05) is 49.9 Å². The molecule has 0 unspecified atom stereocenters. The first kappa shape index (κ1) is 20.7. The van der Waals surface area contributed by atoms with Crippen molar-refractivity contribution in [3.8, 4) is 11.3 Å². The van der Waals surface area contributed by atoms with Crippen molar-refractivity contribution in [1.82, 2.24) is 15.0 Å². The lowest BCUT2D eigenvalue weighted by Crippen LogP contribution is -2.49. The van der Waals surface area contributed by atoms with Crippen LogP contribution in [-0.2, 0) is 6.54 Å². The Morgan fingerprint density at radius 1 is 1.00 bits per heavy atom. The first-order valence-corrected chi connectivity index (χ1v) is 10.2. The Kier molecular flexibility index (Phi) is 8.33. The summed E-state index contributed by atoms with van der Waals surface area (Å²) < 4.78 is 5.50. The zero-order chi connectivity index (χ0) is 18.9. The van der Waals surface area contributed by atoms with Crippen molar-refractivity contribution in [3.05, 3.63) is 41.7 Å². The van der Waals surface area contributed by atoms with Gasteiger partial charge in [0.1, 0.15) is 11.5 Å². The van der Waals surface area contributed by atoms with E-state index in [1.165, 1.54) is 18.4 Å². The molecule has 0 saturated carbocycles. The predicted molar refractivity (Wildman–Crippen MR) is 109 cm³/mol. The molecule has 1 aliphatic heterocycles. The summed E-state index contributed by atoms with van der Waals surface area (Å²) in [5, 5.41) is 4.31. The largest absolute Gasteiger partial charge is 0.361 e. The van der Waals surface area contributed by atoms with E-state index in [-0.39, 0.29) is 0 Å². The Balaban J connectivity index is 0.00000117. The van der Waals surface area contributed by atoms with Crippen LogP contribution in [0.3, 0.4) is 0 Å². The monoisotopic (exact) mass is 357 g/mol. The average molecular weight is 358 g/mol. The molecule has 26 heavy (non-hydrogen) atoms. The molecule has 4 nitrogen and oxygen atoms in total. The normalized spacial score (nSPS) is 15.8. The van der Waals surface area contributed by atoms with Crippen LogP contribution in [0, 0.1) is 6.92 Å². The van der Waals surface area contributed by atoms with E-state index in [1.807, 2.05) is 26.8 Å². The Morgan fingerprint density at radius 3 is 2.19 bits per heavy atom. The SMILES string of the molecule is CC.CCC(CC)N1CCN(Cc2c(-c3ccccc3)noc2C)CC1. The first-order chi connectivity index (χ1) is 12.7. The van der Waals surface area contributed by atoms with E-state index < -0.39 is 0 Å². The molecular formula is C22H35N3O. The van der Waals surface area contributed by atoms with E-state index in [4.69, 9.17) is 4.52 Å². The number of aryl methyl sites for hydroxylation is 1. The molecule has 0 radical (unpaired) electrons. The minimum absolute atomic E-state index is 0.740. The standard InChI is InChI=1S/C20H29N3O.C2H6/c1-4-18(5-2)23-13-11-22(12-14-23)15-19-16(3)24-21-20(19)17-9-7-6-8-10-17;1-2/h6-10,18H,4-5,11-15H2,1-3H3;1-2H3. The van der Waals surface area contributed by atoms with Crippen molar-refractivity contribution < 1.29 is 4.52 Å². The second kappa shape index (κ2) is 10.5. The molecular weight excluding hydrogens is 322 g/mol. The van der Waals surface area contributed by atoms with Crippen LogP contribution < -0.4 is 0 Å². The summed E-state index contributed by atoms with van der Waals surface area (Å²) in [6.45, 7) is 16.1. The molecule has 4 heteroatoms. The van der Waals surface area contributed by atoms with Crippen molar-refractivity contribution in [3.63, 3.8) is 0 Å². The van der Waals surface area contributed by atoms with E-state index in [0.717, 1.165) is 55.8 Å². The second-order valence-electron chi connectivity index (χ2n) is 6.71. The molecule has 144 valence electrons. The van der Waals surface area contributed by atoms with Crippen molar-refractivity contribution in [1.29, 1.82) is 0 Å². The third kappa shape index (κ3) is 4.95. The first-order valence-electron chi connectivity index (χ1n) is 10.2. The lowest BCUT2D eigenvalue weighted by Gasteiger charge is -2.38. The van der Waals surface area contributed by atoms with Gasteiger partial charge in [0.2, 0.25) is 0 Å². The van der Waals surface area contributed by atoms with Crippen LogP contribution >= 0.6 is 0 Å². The van der Waals surface area contributed by atoms with Gasteiger partial charge >= 0.3 is 0 Å². The summed E-state index contributed by atoms with van der Waals surface area (Å²) in [6, 6.07) is 11.1. The maximum Gasteiger partial charge on any atom is 0.138 e. The Morgan fingerprint density at radius 2 is 1.62 bits per heavy atom. The van der Waals surface area contributed by atoms with Gasteiger partial charge in [0.15, 0.2) is 0 Å². The molecule has 0 amide bonds. The van der Waals surface area contributed by atoms with Gasteiger partial charge in [-0.05, 0) is 19.8 Å². The third-order valence-electron chi connectivity index (χ3n) is 5.28. The van der Waals surface area contributed by atoms with Crippen LogP contribution in [0.4, 0.5) is 0 Å². The quantitative estimate of drug-likeness (QED) is 0.730. The summed E-state index contributed by atoms with van der Waals surface area (Å²) in [5.74, 6) is 0.941. The lowest BCUT2D eigenvalue weighted by atomic mass is 10.1. The van der Waals surface area contributed by atoms with Gasteiger partial charge in [0.25, 0.3) is 0 Å². The lowest BCUT2D eigenvalue weighted by molar-refractivity contribution is 0.0879. The van der Waals surface area contributed by atoms with Gasteiger partial charge in [-0.3, -0.25) is 9.80 Å². The van der Waals surface area contributed by atoms with Crippen LogP contribution in [0.15, 0.2) is 34.9 Å². The highest BCUT2D eigenvalue weighted by atomic mass is 16.5. The second-order valence-corrected chi connectivity index (χ2v) is 6.71. The van der Waals surface area contributed by atoms with Crippen molar-refractivity contribution in [2.75, 3.05) is 26.2 Å². The van der Waals surface area contributed by atoms with Crippen LogP contribution in [-0.4, -0.2) is 47.2 Å². The van der Waals surface area contributed by atoms with Gasteiger partial charge in [-0.15, -0.1) is 0 Å². The van der Waals surface area contributed by atoms with Gasteiger partial charge in [-0.25, -0.2) is 0 Å². The molecule has 1 fully saturated rings. The molecule has 2 aromatic rings. The fraction of sp³-hybridized carbons (Fsp3) is 0.591. The summed E-state index contributed by atoms with van der Waals surface area (Å²) in [6.07, 6.45) is 2.50. The zero-order valence-electron chi connectivity index (χ0n) is 17.2. The number of hydrogen-bond acceptors (Lipinski definition) is 4. The van der Waals surface area contributed by atoms with Gasteiger partial charge in [-0.1, -0.05) is 63.2 Å². The van der Waals surface area contributed by atoms with Crippen molar-refractivity contribution in [2.24, 2.45) is 0 Å². The van der Waals surface area contributed by atoms with E-state index in [0.29, 0.717) is 0 Å². The van der Waals surface area contributed by atoms with E-state index in [1.54, 1.807) is 0 Å². The van der Waals surface area contributed by atoms with Crippen LogP contribution in [0.25, 0.3) is 11.3 Å². The molecule has 0 spiro atoms. The highest BCUT2D eigenvalue weighted by molar-refractivity contribution is 5.63. The summed E-state index contributed by atoms with van der Waals surface area (Å²) in [7, 11) is 0. The van der Waals surface area contributed by atoms with E-state index >= 15 is 0 Å². The highest BCUT2D eigenvalue weighted by Gasteiger charge is 2.24. The fourth-order valence-corrected chi connectivity index (χ4v) is 3.72. The smallest absolute Gasteiger partial charge is 0.138 e. The molecule has 1 saturated heterocycles. The van der Waals surface area contributed by atoms with Gasteiger partial charge in [-0.2, -0.15) is 0 Å². The number of hydrogen-bond donors (Lipinski definition) is 0. The number of benzene rings is 1. The van der Waals surface area contributed by atoms with Gasteiger partial charge in [0.05, 0.1) is 0 Å². The van der Waals surface area contributed by atoms with Gasteiger partial charge < -0.3 is 4.52 Å². The molecule has 1 aromatic carbocycles. The average Bonchev–Trinajstić information content (AvgIpc) is 3.07. The minimum Gasteiger partial charge on any atom is -0.361 e. The van der Waals surface area contributed by atoms with E-state index in [2.05, 4.69) is 53.1 Å². The molecule has 3 rings (SSSR count).